The molecule has 0 fully saturated rings. The molecule has 0 aliphatic carbocycles. The van der Waals surface area contributed by atoms with Gasteiger partial charge in [0.25, 0.3) is 0 Å². The molecule has 0 aromatic heterocycles. The first-order valence-corrected chi connectivity index (χ1v) is 8.94. The Bertz CT molecular complexity index is 631. The van der Waals surface area contributed by atoms with E-state index in [-0.39, 0.29) is 17.6 Å². The first kappa shape index (κ1) is 18.4. The van der Waals surface area contributed by atoms with Crippen molar-refractivity contribution >= 4 is 21.6 Å². The minimum atomic E-state index is -3.73. The van der Waals surface area contributed by atoms with Gasteiger partial charge in [-0.2, -0.15) is 0 Å². The quantitative estimate of drug-likeness (QED) is 0.869. The number of carbonyl (C=O) groups excluding carboxylic acids is 1. The van der Waals surface area contributed by atoms with Gasteiger partial charge < -0.3 is 5.32 Å². The van der Waals surface area contributed by atoms with E-state index < -0.39 is 27.8 Å². The summed E-state index contributed by atoms with van der Waals surface area (Å²) in [6, 6.07) is 4.11. The number of hydrogen-bond acceptors (Lipinski definition) is 3. The Morgan fingerprint density at radius 3 is 2.27 bits per heavy atom. The van der Waals surface area contributed by atoms with E-state index in [1.165, 1.54) is 25.1 Å². The number of nitrogens with zero attached hydrogens (tertiary/aromatic N) is 1. The van der Waals surface area contributed by atoms with E-state index in [2.05, 4.69) is 5.32 Å². The Labute approximate surface area is 131 Å². The van der Waals surface area contributed by atoms with Gasteiger partial charge in [0.1, 0.15) is 11.9 Å². The zero-order valence-corrected chi connectivity index (χ0v) is 14.3. The molecule has 0 saturated heterocycles. The van der Waals surface area contributed by atoms with Gasteiger partial charge in [0.05, 0.1) is 11.9 Å². The van der Waals surface area contributed by atoms with E-state index in [0.29, 0.717) is 0 Å². The third-order valence-electron chi connectivity index (χ3n) is 3.52. The summed E-state index contributed by atoms with van der Waals surface area (Å²) in [5, 5.41) is 2.78. The number of halogens is 1. The molecular formula is C15H23FN2O3S. The number of benzene rings is 1. The zero-order valence-electron chi connectivity index (χ0n) is 13.5. The van der Waals surface area contributed by atoms with Gasteiger partial charge >= 0.3 is 0 Å². The predicted molar refractivity (Wildman–Crippen MR) is 85.6 cm³/mol. The SMILES string of the molecule is CC(C)[C@@H](C)NC(=O)[C@H](C)N(c1cccc(F)c1)S(C)(=O)=O. The molecule has 1 rings (SSSR count). The minimum Gasteiger partial charge on any atom is -0.352 e. The lowest BCUT2D eigenvalue weighted by atomic mass is 10.1. The first-order valence-electron chi connectivity index (χ1n) is 7.09. The highest BCUT2D eigenvalue weighted by atomic mass is 32.2. The van der Waals surface area contributed by atoms with E-state index in [4.69, 9.17) is 0 Å². The van der Waals surface area contributed by atoms with Gasteiger partial charge in [-0.25, -0.2) is 12.8 Å². The molecule has 7 heteroatoms. The summed E-state index contributed by atoms with van der Waals surface area (Å²) in [4.78, 5) is 12.3. The van der Waals surface area contributed by atoms with Crippen LogP contribution in [0.1, 0.15) is 27.7 Å². The van der Waals surface area contributed by atoms with Gasteiger partial charge in [0, 0.05) is 6.04 Å². The zero-order chi connectivity index (χ0) is 17.1. The third kappa shape index (κ3) is 4.69. The Hall–Kier alpha value is -1.63. The monoisotopic (exact) mass is 330 g/mol. The molecule has 0 spiro atoms. The molecule has 0 radical (unpaired) electrons. The molecule has 0 saturated carbocycles. The smallest absolute Gasteiger partial charge is 0.243 e. The van der Waals surface area contributed by atoms with Crippen LogP contribution < -0.4 is 9.62 Å². The van der Waals surface area contributed by atoms with Gasteiger partial charge in [0.2, 0.25) is 15.9 Å². The molecule has 1 amide bonds. The average Bonchev–Trinajstić information content (AvgIpc) is 2.36. The van der Waals surface area contributed by atoms with Gasteiger partial charge in [-0.3, -0.25) is 9.10 Å². The van der Waals surface area contributed by atoms with Crippen molar-refractivity contribution in [3.63, 3.8) is 0 Å². The van der Waals surface area contributed by atoms with Crippen molar-refractivity contribution in [3.05, 3.63) is 30.1 Å². The van der Waals surface area contributed by atoms with Crippen molar-refractivity contribution in [1.29, 1.82) is 0 Å². The largest absolute Gasteiger partial charge is 0.352 e. The Kier molecular flexibility index (Phi) is 5.93. The Morgan fingerprint density at radius 2 is 1.82 bits per heavy atom. The lowest BCUT2D eigenvalue weighted by Gasteiger charge is -2.29. The van der Waals surface area contributed by atoms with E-state index in [0.717, 1.165) is 16.6 Å². The molecule has 0 unspecified atom stereocenters. The van der Waals surface area contributed by atoms with Crippen LogP contribution in [0.4, 0.5) is 10.1 Å². The molecule has 1 N–H and O–H groups in total. The summed E-state index contributed by atoms with van der Waals surface area (Å²) < 4.78 is 38.4. The van der Waals surface area contributed by atoms with Crippen LogP contribution in [0.15, 0.2) is 24.3 Å². The van der Waals surface area contributed by atoms with Crippen molar-refractivity contribution in [3.8, 4) is 0 Å². The maximum atomic E-state index is 13.4. The van der Waals surface area contributed by atoms with Crippen molar-refractivity contribution in [1.82, 2.24) is 5.32 Å². The molecule has 0 bridgehead atoms. The molecule has 0 heterocycles. The predicted octanol–water partition coefficient (Wildman–Crippen LogP) is 2.14. The maximum absolute atomic E-state index is 13.4. The van der Waals surface area contributed by atoms with Crippen molar-refractivity contribution in [2.24, 2.45) is 5.92 Å². The molecule has 1 aromatic carbocycles. The normalized spacial score (nSPS) is 14.5. The Morgan fingerprint density at radius 1 is 1.23 bits per heavy atom. The average molecular weight is 330 g/mol. The fraction of sp³-hybridized carbons (Fsp3) is 0.533. The van der Waals surface area contributed by atoms with Gasteiger partial charge in [-0.1, -0.05) is 19.9 Å². The summed E-state index contributed by atoms with van der Waals surface area (Å²) in [6.07, 6.45) is 0.994. The topological polar surface area (TPSA) is 66.5 Å². The van der Waals surface area contributed by atoms with Crippen LogP contribution in [0.3, 0.4) is 0 Å². The number of sulfonamides is 1. The molecule has 0 aliphatic rings. The van der Waals surface area contributed by atoms with E-state index >= 15 is 0 Å². The van der Waals surface area contributed by atoms with Gasteiger partial charge in [0.15, 0.2) is 0 Å². The summed E-state index contributed by atoms with van der Waals surface area (Å²) in [7, 11) is -3.73. The van der Waals surface area contributed by atoms with Crippen molar-refractivity contribution < 1.29 is 17.6 Å². The van der Waals surface area contributed by atoms with Gasteiger partial charge in [-0.05, 0) is 38.0 Å². The number of nitrogens with one attached hydrogen (secondary N) is 1. The molecule has 124 valence electrons. The molecule has 5 nitrogen and oxygen atoms in total. The summed E-state index contributed by atoms with van der Waals surface area (Å²) in [5.74, 6) is -0.762. The van der Waals surface area contributed by atoms with E-state index in [1.54, 1.807) is 0 Å². The maximum Gasteiger partial charge on any atom is 0.243 e. The standard InChI is InChI=1S/C15H23FN2O3S/c1-10(2)11(3)17-15(19)12(4)18(22(5,20)21)14-8-6-7-13(16)9-14/h6-12H,1-5H3,(H,17,19)/t11-,12+/m1/s1. The molecule has 2 atom stereocenters. The highest BCUT2D eigenvalue weighted by molar-refractivity contribution is 7.92. The van der Waals surface area contributed by atoms with Crippen LogP contribution in [0.25, 0.3) is 0 Å². The Balaban J connectivity index is 3.11. The third-order valence-corrected chi connectivity index (χ3v) is 4.76. The highest BCUT2D eigenvalue weighted by Gasteiger charge is 2.30. The number of carbonyl (C=O) groups is 1. The summed E-state index contributed by atoms with van der Waals surface area (Å²) in [5.41, 5.74) is 0.127. The molecular weight excluding hydrogens is 307 g/mol. The van der Waals surface area contributed by atoms with Crippen LogP contribution in [0, 0.1) is 11.7 Å². The number of anilines is 1. The van der Waals surface area contributed by atoms with Crippen LogP contribution in [0.5, 0.6) is 0 Å². The second-order valence-electron chi connectivity index (χ2n) is 5.76. The number of amides is 1. The molecule has 0 aliphatic heterocycles. The van der Waals surface area contributed by atoms with Crippen LogP contribution >= 0.6 is 0 Å². The first-order chi connectivity index (χ1) is 10.0. The summed E-state index contributed by atoms with van der Waals surface area (Å²) >= 11 is 0. The lowest BCUT2D eigenvalue weighted by Crippen LogP contribution is -2.50. The number of rotatable bonds is 6. The van der Waals surface area contributed by atoms with Crippen LogP contribution in [-0.4, -0.2) is 32.7 Å². The molecule has 1 aromatic rings. The minimum absolute atomic E-state index is 0.0936. The van der Waals surface area contributed by atoms with Crippen molar-refractivity contribution in [2.45, 2.75) is 39.8 Å². The van der Waals surface area contributed by atoms with E-state index in [9.17, 15) is 17.6 Å². The van der Waals surface area contributed by atoms with Gasteiger partial charge in [-0.15, -0.1) is 0 Å². The number of hydrogen-bond donors (Lipinski definition) is 1. The highest BCUT2D eigenvalue weighted by Crippen LogP contribution is 2.21. The second-order valence-corrected chi connectivity index (χ2v) is 7.62. The molecule has 22 heavy (non-hydrogen) atoms. The fourth-order valence-electron chi connectivity index (χ4n) is 1.93. The summed E-state index contributed by atoms with van der Waals surface area (Å²) in [6.45, 7) is 7.24. The van der Waals surface area contributed by atoms with Crippen LogP contribution in [-0.2, 0) is 14.8 Å². The van der Waals surface area contributed by atoms with E-state index in [1.807, 2.05) is 20.8 Å². The second kappa shape index (κ2) is 7.09. The lowest BCUT2D eigenvalue weighted by molar-refractivity contribution is -0.122. The fourth-order valence-corrected chi connectivity index (χ4v) is 3.10. The van der Waals surface area contributed by atoms with Crippen molar-refractivity contribution in [2.75, 3.05) is 10.6 Å². The van der Waals surface area contributed by atoms with Crippen LogP contribution in [0.2, 0.25) is 0 Å².